The Morgan fingerprint density at radius 2 is 2.08 bits per heavy atom. The highest BCUT2D eigenvalue weighted by Gasteiger charge is 2.56. The van der Waals surface area contributed by atoms with Crippen molar-refractivity contribution in [1.29, 1.82) is 0 Å². The lowest BCUT2D eigenvalue weighted by atomic mass is 9.61. The lowest BCUT2D eigenvalue weighted by Crippen LogP contribution is -2.63. The van der Waals surface area contributed by atoms with Crippen LogP contribution in [0.25, 0.3) is 0 Å². The molecule has 24 heavy (non-hydrogen) atoms. The van der Waals surface area contributed by atoms with Gasteiger partial charge < -0.3 is 15.2 Å². The minimum absolute atomic E-state index is 0.0371. The molecular weight excluding hydrogens is 326 g/mol. The van der Waals surface area contributed by atoms with Crippen LogP contribution in [-0.4, -0.2) is 29.8 Å². The summed E-state index contributed by atoms with van der Waals surface area (Å²) in [6.45, 7) is 0.832. The van der Waals surface area contributed by atoms with Crippen LogP contribution in [0.2, 0.25) is 5.02 Å². The van der Waals surface area contributed by atoms with E-state index in [9.17, 15) is 9.90 Å². The highest BCUT2D eigenvalue weighted by Crippen LogP contribution is 2.51. The number of phenols is 1. The number of aromatic hydroxyl groups is 1. The second-order valence-corrected chi connectivity index (χ2v) is 7.87. The second kappa shape index (κ2) is 6.57. The van der Waals surface area contributed by atoms with Gasteiger partial charge in [-0.3, -0.25) is 4.79 Å². The Kier molecular flexibility index (Phi) is 4.44. The number of rotatable bonds is 4. The molecule has 1 aromatic rings. The first-order valence-electron chi connectivity index (χ1n) is 9.02. The van der Waals surface area contributed by atoms with Gasteiger partial charge in [0, 0.05) is 24.5 Å². The van der Waals surface area contributed by atoms with E-state index in [2.05, 4.69) is 5.32 Å². The largest absolute Gasteiger partial charge is 0.506 e. The number of carbonyl (C=O) groups is 1. The van der Waals surface area contributed by atoms with Gasteiger partial charge in [-0.25, -0.2) is 0 Å². The maximum Gasteiger partial charge on any atom is 0.224 e. The fourth-order valence-corrected chi connectivity index (χ4v) is 5.15. The molecule has 0 radical (unpaired) electrons. The van der Waals surface area contributed by atoms with Crippen LogP contribution in [0.15, 0.2) is 18.2 Å². The van der Waals surface area contributed by atoms with Gasteiger partial charge in [-0.15, -0.1) is 0 Å². The Hall–Kier alpha value is -1.26. The van der Waals surface area contributed by atoms with Gasteiger partial charge in [-0.05, 0) is 30.0 Å². The molecule has 130 valence electrons. The van der Waals surface area contributed by atoms with Crippen LogP contribution < -0.4 is 5.32 Å². The van der Waals surface area contributed by atoms with Crippen molar-refractivity contribution < 1.29 is 14.6 Å². The fourth-order valence-electron chi connectivity index (χ4n) is 4.94. The third-order valence-corrected chi connectivity index (χ3v) is 6.39. The molecular formula is C19H24ClNO3. The Balaban J connectivity index is 1.41. The van der Waals surface area contributed by atoms with E-state index in [1.165, 1.54) is 31.7 Å². The molecule has 0 unspecified atom stereocenters. The third-order valence-electron chi connectivity index (χ3n) is 6.09. The first-order valence-corrected chi connectivity index (χ1v) is 9.39. The van der Waals surface area contributed by atoms with Gasteiger partial charge in [-0.2, -0.15) is 0 Å². The lowest BCUT2D eigenvalue weighted by molar-refractivity contribution is -0.129. The number of benzene rings is 1. The average molecular weight is 350 g/mol. The van der Waals surface area contributed by atoms with E-state index in [4.69, 9.17) is 16.3 Å². The van der Waals surface area contributed by atoms with Crippen molar-refractivity contribution in [2.75, 3.05) is 6.61 Å². The molecule has 4 nitrogen and oxygen atoms in total. The van der Waals surface area contributed by atoms with Gasteiger partial charge in [0.25, 0.3) is 0 Å². The lowest BCUT2D eigenvalue weighted by Gasteiger charge is -2.50. The highest BCUT2D eigenvalue weighted by atomic mass is 35.5. The number of phenolic OH excluding ortho intramolecular Hbond substituents is 1. The molecule has 1 saturated heterocycles. The SMILES string of the molecule is O=C(Cc1ccc(O)c(Cl)c1)N[C@H]1[C@H]2CCO[C@H]2[C@H]1C1CCCC1. The fraction of sp³-hybridized carbons (Fsp3) is 0.632. The van der Waals surface area contributed by atoms with E-state index in [1.807, 2.05) is 0 Å². The van der Waals surface area contributed by atoms with Crippen molar-refractivity contribution in [3.63, 3.8) is 0 Å². The van der Waals surface area contributed by atoms with Gasteiger partial charge >= 0.3 is 0 Å². The standard InChI is InChI=1S/C19H24ClNO3/c20-14-9-11(5-6-15(14)22)10-16(23)21-18-13-7-8-24-19(13)17(18)12-3-1-2-4-12/h5-6,9,12-13,17-19,22H,1-4,7-8,10H2,(H,21,23)/t13-,17+,18+,19-/m1/s1. The Morgan fingerprint density at radius 3 is 2.83 bits per heavy atom. The van der Waals surface area contributed by atoms with Gasteiger partial charge in [-0.1, -0.05) is 43.4 Å². The molecule has 4 rings (SSSR count). The first-order chi connectivity index (χ1) is 11.6. The zero-order valence-corrected chi connectivity index (χ0v) is 14.5. The molecule has 0 spiro atoms. The van der Waals surface area contributed by atoms with Crippen molar-refractivity contribution in [1.82, 2.24) is 5.32 Å². The molecule has 0 aromatic heterocycles. The van der Waals surface area contributed by atoms with Crippen molar-refractivity contribution in [3.8, 4) is 5.75 Å². The number of fused-ring (bicyclic) bond motifs is 1. The molecule has 2 N–H and O–H groups in total. The monoisotopic (exact) mass is 349 g/mol. The number of ether oxygens (including phenoxy) is 1. The van der Waals surface area contributed by atoms with Crippen LogP contribution in [0.1, 0.15) is 37.7 Å². The van der Waals surface area contributed by atoms with E-state index in [-0.39, 0.29) is 22.7 Å². The summed E-state index contributed by atoms with van der Waals surface area (Å²) in [6.07, 6.45) is 6.89. The quantitative estimate of drug-likeness (QED) is 0.876. The minimum atomic E-state index is 0.0371. The molecule has 0 bridgehead atoms. The molecule has 2 aliphatic carbocycles. The summed E-state index contributed by atoms with van der Waals surface area (Å²) in [7, 11) is 0. The number of carbonyl (C=O) groups excluding carboxylic acids is 1. The molecule has 3 aliphatic rings. The van der Waals surface area contributed by atoms with Crippen LogP contribution in [0.3, 0.4) is 0 Å². The number of halogens is 1. The first kappa shape index (κ1) is 16.2. The number of hydrogen-bond donors (Lipinski definition) is 2. The van der Waals surface area contributed by atoms with Crippen LogP contribution >= 0.6 is 11.6 Å². The zero-order valence-electron chi connectivity index (χ0n) is 13.7. The third kappa shape index (κ3) is 2.91. The summed E-state index contributed by atoms with van der Waals surface area (Å²) < 4.78 is 5.94. The molecule has 4 atom stereocenters. The second-order valence-electron chi connectivity index (χ2n) is 7.47. The van der Waals surface area contributed by atoms with Crippen LogP contribution in [-0.2, 0) is 16.0 Å². The van der Waals surface area contributed by atoms with Gasteiger partial charge in [0.15, 0.2) is 0 Å². The maximum atomic E-state index is 12.5. The predicted molar refractivity (Wildman–Crippen MR) is 92.0 cm³/mol. The predicted octanol–water partition coefficient (Wildman–Crippen LogP) is 3.30. The van der Waals surface area contributed by atoms with Crippen molar-refractivity contribution in [2.45, 2.75) is 50.7 Å². The smallest absolute Gasteiger partial charge is 0.224 e. The summed E-state index contributed by atoms with van der Waals surface area (Å²) >= 11 is 5.93. The van der Waals surface area contributed by atoms with Crippen molar-refractivity contribution >= 4 is 17.5 Å². The number of amides is 1. The maximum absolute atomic E-state index is 12.5. The van der Waals surface area contributed by atoms with Crippen LogP contribution in [0.5, 0.6) is 5.75 Å². The Morgan fingerprint density at radius 1 is 1.29 bits per heavy atom. The normalized spacial score (nSPS) is 32.4. The number of nitrogens with one attached hydrogen (secondary N) is 1. The Bertz CT molecular complexity index is 624. The van der Waals surface area contributed by atoms with Crippen molar-refractivity contribution in [2.24, 2.45) is 17.8 Å². The van der Waals surface area contributed by atoms with E-state index in [0.29, 0.717) is 30.3 Å². The molecule has 2 saturated carbocycles. The summed E-state index contributed by atoms with van der Waals surface area (Å²) in [5.41, 5.74) is 0.825. The number of hydrogen-bond acceptors (Lipinski definition) is 3. The molecule has 1 aromatic carbocycles. The van der Waals surface area contributed by atoms with Gasteiger partial charge in [0.1, 0.15) is 5.75 Å². The molecule has 1 aliphatic heterocycles. The van der Waals surface area contributed by atoms with Gasteiger partial charge in [0.2, 0.25) is 5.91 Å². The summed E-state index contributed by atoms with van der Waals surface area (Å²) in [5, 5.41) is 13.0. The summed E-state index contributed by atoms with van der Waals surface area (Å²) in [5.74, 6) is 1.77. The summed E-state index contributed by atoms with van der Waals surface area (Å²) in [4.78, 5) is 12.5. The van der Waals surface area contributed by atoms with Gasteiger partial charge in [0.05, 0.1) is 17.5 Å². The van der Waals surface area contributed by atoms with Crippen LogP contribution in [0.4, 0.5) is 0 Å². The molecule has 3 fully saturated rings. The summed E-state index contributed by atoms with van der Waals surface area (Å²) in [6, 6.07) is 5.21. The van der Waals surface area contributed by atoms with E-state index >= 15 is 0 Å². The Labute approximate surface area is 147 Å². The van der Waals surface area contributed by atoms with Crippen molar-refractivity contribution in [3.05, 3.63) is 28.8 Å². The molecule has 1 heterocycles. The zero-order chi connectivity index (χ0) is 16.7. The van der Waals surface area contributed by atoms with E-state index in [0.717, 1.165) is 18.6 Å². The highest BCUT2D eigenvalue weighted by molar-refractivity contribution is 6.32. The topological polar surface area (TPSA) is 58.6 Å². The molecule has 1 amide bonds. The molecule has 5 heteroatoms. The minimum Gasteiger partial charge on any atom is -0.506 e. The average Bonchev–Trinajstić information content (AvgIpc) is 3.20. The van der Waals surface area contributed by atoms with E-state index < -0.39 is 0 Å². The van der Waals surface area contributed by atoms with E-state index in [1.54, 1.807) is 12.1 Å². The van der Waals surface area contributed by atoms with Crippen LogP contribution in [0, 0.1) is 17.8 Å².